The highest BCUT2D eigenvalue weighted by Crippen LogP contribution is 2.26. The van der Waals surface area contributed by atoms with Crippen LogP contribution >= 0.6 is 24.8 Å². The maximum Gasteiger partial charge on any atom is 0.0785 e. The Bertz CT molecular complexity index is 264. The highest BCUT2D eigenvalue weighted by molar-refractivity contribution is 5.85. The highest BCUT2D eigenvalue weighted by Gasteiger charge is 2.01. The van der Waals surface area contributed by atoms with Crippen molar-refractivity contribution in [3.05, 3.63) is 18.2 Å². The van der Waals surface area contributed by atoms with Gasteiger partial charge in [0.15, 0.2) is 0 Å². The second-order valence-electron chi connectivity index (χ2n) is 2.67. The number of para-hydroxylation sites is 1. The molecule has 0 aliphatic carbocycles. The molecule has 0 aromatic heterocycles. The molecular formula is C8H15Cl2N3. The highest BCUT2D eigenvalue weighted by atomic mass is 35.5. The van der Waals surface area contributed by atoms with Crippen molar-refractivity contribution in [1.29, 1.82) is 0 Å². The number of hydrogen-bond donors (Lipinski definition) is 2. The molecule has 0 unspecified atom stereocenters. The van der Waals surface area contributed by atoms with Gasteiger partial charge in [-0.05, 0) is 12.1 Å². The lowest BCUT2D eigenvalue weighted by Crippen LogP contribution is -2.11. The van der Waals surface area contributed by atoms with E-state index in [9.17, 15) is 0 Å². The zero-order valence-electron chi connectivity index (χ0n) is 7.65. The van der Waals surface area contributed by atoms with Crippen molar-refractivity contribution in [3.63, 3.8) is 0 Å². The maximum absolute atomic E-state index is 5.72. The monoisotopic (exact) mass is 223 g/mol. The largest absolute Gasteiger partial charge is 0.397 e. The lowest BCUT2D eigenvalue weighted by molar-refractivity contribution is 1.13. The van der Waals surface area contributed by atoms with Gasteiger partial charge in [0.05, 0.1) is 17.1 Å². The third-order valence-corrected chi connectivity index (χ3v) is 1.60. The second-order valence-corrected chi connectivity index (χ2v) is 2.67. The van der Waals surface area contributed by atoms with Gasteiger partial charge in [-0.25, -0.2) is 0 Å². The van der Waals surface area contributed by atoms with Crippen LogP contribution in [0.2, 0.25) is 0 Å². The molecule has 0 bridgehead atoms. The van der Waals surface area contributed by atoms with E-state index in [-0.39, 0.29) is 24.8 Å². The predicted molar refractivity (Wildman–Crippen MR) is 64.1 cm³/mol. The van der Waals surface area contributed by atoms with Crippen LogP contribution in [0.5, 0.6) is 0 Å². The van der Waals surface area contributed by atoms with E-state index >= 15 is 0 Å². The number of nitrogens with zero attached hydrogens (tertiary/aromatic N) is 1. The first-order valence-electron chi connectivity index (χ1n) is 3.44. The van der Waals surface area contributed by atoms with Gasteiger partial charge in [-0.2, -0.15) is 0 Å². The summed E-state index contributed by atoms with van der Waals surface area (Å²) >= 11 is 0. The van der Waals surface area contributed by atoms with Crippen molar-refractivity contribution >= 4 is 41.9 Å². The van der Waals surface area contributed by atoms with Crippen molar-refractivity contribution in [2.24, 2.45) is 0 Å². The number of anilines is 3. The van der Waals surface area contributed by atoms with Crippen LogP contribution < -0.4 is 16.4 Å². The number of hydrogen-bond acceptors (Lipinski definition) is 3. The summed E-state index contributed by atoms with van der Waals surface area (Å²) in [6, 6.07) is 5.62. The summed E-state index contributed by atoms with van der Waals surface area (Å²) in [5.41, 5.74) is 13.6. The van der Waals surface area contributed by atoms with E-state index in [0.29, 0.717) is 11.4 Å². The molecule has 3 nitrogen and oxygen atoms in total. The third kappa shape index (κ3) is 3.20. The van der Waals surface area contributed by atoms with E-state index in [2.05, 4.69) is 0 Å². The molecule has 0 saturated carbocycles. The molecule has 0 heterocycles. The fourth-order valence-electron chi connectivity index (χ4n) is 0.960. The molecule has 1 aromatic rings. The third-order valence-electron chi connectivity index (χ3n) is 1.60. The first kappa shape index (κ1) is 14.7. The van der Waals surface area contributed by atoms with Gasteiger partial charge in [-0.3, -0.25) is 0 Å². The molecule has 0 radical (unpaired) electrons. The molecule has 1 aromatic carbocycles. The van der Waals surface area contributed by atoms with Gasteiger partial charge in [0, 0.05) is 14.1 Å². The standard InChI is InChI=1S/C8H13N3.2ClH/c1-11(2)7-5-3-4-6(9)8(7)10;;/h3-5H,9-10H2,1-2H3;2*1H. The Labute approximate surface area is 90.9 Å². The molecule has 76 valence electrons. The molecule has 0 aliphatic heterocycles. The van der Waals surface area contributed by atoms with Gasteiger partial charge in [0.25, 0.3) is 0 Å². The van der Waals surface area contributed by atoms with E-state index in [0.717, 1.165) is 5.69 Å². The van der Waals surface area contributed by atoms with Gasteiger partial charge < -0.3 is 16.4 Å². The normalized spacial score (nSPS) is 8.15. The molecule has 5 heteroatoms. The Morgan fingerprint density at radius 1 is 1.08 bits per heavy atom. The Morgan fingerprint density at radius 3 is 2.00 bits per heavy atom. The number of benzene rings is 1. The average molecular weight is 224 g/mol. The van der Waals surface area contributed by atoms with Gasteiger partial charge in [-0.1, -0.05) is 6.07 Å². The summed E-state index contributed by atoms with van der Waals surface area (Å²) in [6.45, 7) is 0. The van der Waals surface area contributed by atoms with E-state index in [1.165, 1.54) is 0 Å². The minimum atomic E-state index is 0. The summed E-state index contributed by atoms with van der Waals surface area (Å²) in [4.78, 5) is 1.94. The molecule has 0 saturated heterocycles. The molecular weight excluding hydrogens is 209 g/mol. The van der Waals surface area contributed by atoms with E-state index in [4.69, 9.17) is 11.5 Å². The lowest BCUT2D eigenvalue weighted by Gasteiger charge is -2.15. The van der Waals surface area contributed by atoms with E-state index < -0.39 is 0 Å². The zero-order chi connectivity index (χ0) is 8.43. The Kier molecular flexibility index (Phi) is 6.54. The Hall–Kier alpha value is -0.800. The maximum atomic E-state index is 5.72. The zero-order valence-corrected chi connectivity index (χ0v) is 9.28. The van der Waals surface area contributed by atoms with Gasteiger partial charge in [0.2, 0.25) is 0 Å². The number of halogens is 2. The first-order valence-corrected chi connectivity index (χ1v) is 3.44. The summed E-state index contributed by atoms with van der Waals surface area (Å²) < 4.78 is 0. The Balaban J connectivity index is 0. The van der Waals surface area contributed by atoms with Crippen LogP contribution in [-0.2, 0) is 0 Å². The van der Waals surface area contributed by atoms with Crippen molar-refractivity contribution in [3.8, 4) is 0 Å². The summed E-state index contributed by atoms with van der Waals surface area (Å²) in [7, 11) is 3.87. The molecule has 1 rings (SSSR count). The van der Waals surface area contributed by atoms with Crippen LogP contribution in [0.15, 0.2) is 18.2 Å². The van der Waals surface area contributed by atoms with Crippen molar-refractivity contribution in [2.75, 3.05) is 30.5 Å². The smallest absolute Gasteiger partial charge is 0.0785 e. The van der Waals surface area contributed by atoms with E-state index in [1.807, 2.05) is 31.1 Å². The Morgan fingerprint density at radius 2 is 1.62 bits per heavy atom. The number of rotatable bonds is 1. The average Bonchev–Trinajstić information content (AvgIpc) is 1.94. The minimum Gasteiger partial charge on any atom is -0.397 e. The summed E-state index contributed by atoms with van der Waals surface area (Å²) in [5.74, 6) is 0. The predicted octanol–water partition coefficient (Wildman–Crippen LogP) is 1.76. The van der Waals surface area contributed by atoms with Gasteiger partial charge >= 0.3 is 0 Å². The van der Waals surface area contributed by atoms with E-state index in [1.54, 1.807) is 6.07 Å². The van der Waals surface area contributed by atoms with Crippen LogP contribution in [-0.4, -0.2) is 14.1 Å². The molecule has 0 atom stereocenters. The number of nitrogen functional groups attached to an aromatic ring is 2. The number of nitrogens with two attached hydrogens (primary N) is 2. The summed E-state index contributed by atoms with van der Waals surface area (Å²) in [6.07, 6.45) is 0. The first-order chi connectivity index (χ1) is 5.13. The topological polar surface area (TPSA) is 55.3 Å². The quantitative estimate of drug-likeness (QED) is 0.714. The van der Waals surface area contributed by atoms with Crippen LogP contribution in [0.1, 0.15) is 0 Å². The molecule has 13 heavy (non-hydrogen) atoms. The molecule has 0 amide bonds. The fourth-order valence-corrected chi connectivity index (χ4v) is 0.960. The van der Waals surface area contributed by atoms with Crippen LogP contribution in [0.3, 0.4) is 0 Å². The van der Waals surface area contributed by atoms with Crippen molar-refractivity contribution in [2.45, 2.75) is 0 Å². The fraction of sp³-hybridized carbons (Fsp3) is 0.250. The minimum absolute atomic E-state index is 0. The molecule has 0 fully saturated rings. The SMILES string of the molecule is CN(C)c1cccc(N)c1N.Cl.Cl. The van der Waals surface area contributed by atoms with Crippen molar-refractivity contribution in [1.82, 2.24) is 0 Å². The molecule has 4 N–H and O–H groups in total. The van der Waals surface area contributed by atoms with Gasteiger partial charge in [0.1, 0.15) is 0 Å². The van der Waals surface area contributed by atoms with Gasteiger partial charge in [-0.15, -0.1) is 24.8 Å². The summed E-state index contributed by atoms with van der Waals surface area (Å²) in [5, 5.41) is 0. The molecule has 0 spiro atoms. The van der Waals surface area contributed by atoms with Crippen molar-refractivity contribution < 1.29 is 0 Å². The second kappa shape index (κ2) is 5.78. The van der Waals surface area contributed by atoms with Crippen LogP contribution in [0, 0.1) is 0 Å². The molecule has 0 aliphatic rings. The van der Waals surface area contributed by atoms with Crippen LogP contribution in [0.4, 0.5) is 17.1 Å². The van der Waals surface area contributed by atoms with Crippen LogP contribution in [0.25, 0.3) is 0 Å². The lowest BCUT2D eigenvalue weighted by atomic mass is 10.2.